The number of rotatable bonds is 2. The number of ether oxygens (including phenoxy) is 1. The highest BCUT2D eigenvalue weighted by atomic mass is 19.1. The van der Waals surface area contributed by atoms with E-state index in [0.717, 1.165) is 0 Å². The molecule has 2 rings (SSSR count). The van der Waals surface area contributed by atoms with Gasteiger partial charge in [-0.2, -0.15) is 0 Å². The lowest BCUT2D eigenvalue weighted by Gasteiger charge is -2.19. The minimum absolute atomic E-state index is 0.00787. The van der Waals surface area contributed by atoms with Crippen molar-refractivity contribution in [2.24, 2.45) is 0 Å². The van der Waals surface area contributed by atoms with E-state index in [-0.39, 0.29) is 12.1 Å². The Hall–Kier alpha value is -1.62. The Morgan fingerprint density at radius 2 is 2.28 bits per heavy atom. The highest BCUT2D eigenvalue weighted by Crippen LogP contribution is 2.24. The first-order valence-corrected chi connectivity index (χ1v) is 5.78. The monoisotopic (exact) mass is 253 g/mol. The summed E-state index contributed by atoms with van der Waals surface area (Å²) in [4.78, 5) is 13.6. The minimum Gasteiger partial charge on any atom is -0.497 e. The third kappa shape index (κ3) is 2.46. The lowest BCUT2D eigenvalue weighted by atomic mass is 10.1. The first-order chi connectivity index (χ1) is 8.43. The SMILES string of the molecule is COc1ccc(C(=O)N2CCC(C)(O)C2)c(F)c1. The van der Waals surface area contributed by atoms with Crippen LogP contribution < -0.4 is 4.74 Å². The molecule has 1 aliphatic heterocycles. The van der Waals surface area contributed by atoms with Crippen LogP contribution >= 0.6 is 0 Å². The second kappa shape index (κ2) is 4.57. The summed E-state index contributed by atoms with van der Waals surface area (Å²) in [6.07, 6.45) is 0.510. The Balaban J connectivity index is 2.19. The van der Waals surface area contributed by atoms with Crippen molar-refractivity contribution in [3.8, 4) is 5.75 Å². The van der Waals surface area contributed by atoms with Crippen LogP contribution in [0.1, 0.15) is 23.7 Å². The average Bonchev–Trinajstić information content (AvgIpc) is 2.68. The number of aliphatic hydroxyl groups is 1. The number of β-amino-alcohol motifs (C(OH)–C–C–N with tert-alkyl or cyclic N) is 1. The van der Waals surface area contributed by atoms with Crippen molar-refractivity contribution in [3.05, 3.63) is 29.6 Å². The van der Waals surface area contributed by atoms with Gasteiger partial charge in [-0.15, -0.1) is 0 Å². The molecule has 0 spiro atoms. The van der Waals surface area contributed by atoms with Gasteiger partial charge in [-0.3, -0.25) is 4.79 Å². The summed E-state index contributed by atoms with van der Waals surface area (Å²) in [5.74, 6) is -0.628. The van der Waals surface area contributed by atoms with Gasteiger partial charge in [0.05, 0.1) is 18.3 Å². The summed E-state index contributed by atoms with van der Waals surface area (Å²) in [6.45, 7) is 2.35. The molecule has 18 heavy (non-hydrogen) atoms. The van der Waals surface area contributed by atoms with Crippen LogP contribution in [0, 0.1) is 5.82 Å². The Morgan fingerprint density at radius 1 is 1.56 bits per heavy atom. The van der Waals surface area contributed by atoms with Crippen molar-refractivity contribution >= 4 is 5.91 Å². The zero-order valence-electron chi connectivity index (χ0n) is 10.4. The van der Waals surface area contributed by atoms with Crippen molar-refractivity contribution < 1.29 is 19.0 Å². The molecule has 0 bridgehead atoms. The average molecular weight is 253 g/mol. The molecule has 1 amide bonds. The van der Waals surface area contributed by atoms with E-state index in [1.165, 1.54) is 24.1 Å². The normalized spacial score (nSPS) is 23.2. The van der Waals surface area contributed by atoms with Gasteiger partial charge in [-0.1, -0.05) is 0 Å². The van der Waals surface area contributed by atoms with Crippen LogP contribution in [0.15, 0.2) is 18.2 Å². The van der Waals surface area contributed by atoms with Crippen molar-refractivity contribution in [3.63, 3.8) is 0 Å². The minimum atomic E-state index is -0.876. The van der Waals surface area contributed by atoms with Gasteiger partial charge in [-0.25, -0.2) is 4.39 Å². The van der Waals surface area contributed by atoms with E-state index in [4.69, 9.17) is 4.74 Å². The van der Waals surface area contributed by atoms with Crippen LogP contribution in [-0.4, -0.2) is 41.7 Å². The predicted octanol–water partition coefficient (Wildman–Crippen LogP) is 1.43. The van der Waals surface area contributed by atoms with Crippen molar-refractivity contribution in [1.29, 1.82) is 0 Å². The molecule has 1 heterocycles. The van der Waals surface area contributed by atoms with Gasteiger partial charge in [-0.05, 0) is 25.5 Å². The number of methoxy groups -OCH3 is 1. The molecule has 1 N–H and O–H groups in total. The van der Waals surface area contributed by atoms with E-state index in [0.29, 0.717) is 18.7 Å². The van der Waals surface area contributed by atoms with Crippen LogP contribution in [-0.2, 0) is 0 Å². The Labute approximate surface area is 105 Å². The molecule has 0 saturated carbocycles. The van der Waals surface area contributed by atoms with E-state index in [1.807, 2.05) is 0 Å². The third-order valence-electron chi connectivity index (χ3n) is 3.15. The second-order valence-corrected chi connectivity index (χ2v) is 4.82. The molecular weight excluding hydrogens is 237 g/mol. The molecule has 1 aromatic carbocycles. The molecule has 1 saturated heterocycles. The smallest absolute Gasteiger partial charge is 0.256 e. The van der Waals surface area contributed by atoms with Crippen molar-refractivity contribution in [2.45, 2.75) is 18.9 Å². The van der Waals surface area contributed by atoms with Crippen LogP contribution in [0.25, 0.3) is 0 Å². The molecule has 1 atom stereocenters. The summed E-state index contributed by atoms with van der Waals surface area (Å²) in [7, 11) is 1.44. The number of halogens is 1. The molecule has 1 aliphatic rings. The van der Waals surface area contributed by atoms with Crippen LogP contribution in [0.2, 0.25) is 0 Å². The van der Waals surface area contributed by atoms with Gasteiger partial charge in [0.25, 0.3) is 5.91 Å². The fraction of sp³-hybridized carbons (Fsp3) is 0.462. The van der Waals surface area contributed by atoms with E-state index < -0.39 is 17.3 Å². The summed E-state index contributed by atoms with van der Waals surface area (Å²) < 4.78 is 18.6. The number of amides is 1. The lowest BCUT2D eigenvalue weighted by Crippen LogP contribution is -2.34. The molecule has 4 nitrogen and oxygen atoms in total. The van der Waals surface area contributed by atoms with Crippen molar-refractivity contribution in [1.82, 2.24) is 4.90 Å². The van der Waals surface area contributed by atoms with Crippen LogP contribution in [0.4, 0.5) is 4.39 Å². The number of carbonyl (C=O) groups excluding carboxylic acids is 1. The summed E-state index contributed by atoms with van der Waals surface area (Å²) in [5, 5.41) is 9.80. The molecule has 0 aliphatic carbocycles. The third-order valence-corrected chi connectivity index (χ3v) is 3.15. The maximum Gasteiger partial charge on any atom is 0.256 e. The van der Waals surface area contributed by atoms with E-state index in [2.05, 4.69) is 0 Å². The fourth-order valence-electron chi connectivity index (χ4n) is 2.09. The number of carbonyl (C=O) groups is 1. The molecule has 0 radical (unpaired) electrons. The Morgan fingerprint density at radius 3 is 2.78 bits per heavy atom. The lowest BCUT2D eigenvalue weighted by molar-refractivity contribution is 0.0569. The fourth-order valence-corrected chi connectivity index (χ4v) is 2.09. The van der Waals surface area contributed by atoms with E-state index in [9.17, 15) is 14.3 Å². The second-order valence-electron chi connectivity index (χ2n) is 4.82. The molecule has 1 fully saturated rings. The maximum absolute atomic E-state index is 13.7. The first-order valence-electron chi connectivity index (χ1n) is 5.78. The van der Waals surface area contributed by atoms with Gasteiger partial charge >= 0.3 is 0 Å². The number of benzene rings is 1. The maximum atomic E-state index is 13.7. The zero-order chi connectivity index (χ0) is 13.3. The molecular formula is C13H16FNO3. The Kier molecular flexibility index (Phi) is 3.26. The molecule has 98 valence electrons. The topological polar surface area (TPSA) is 49.8 Å². The van der Waals surface area contributed by atoms with E-state index in [1.54, 1.807) is 13.0 Å². The van der Waals surface area contributed by atoms with Gasteiger partial charge in [0.15, 0.2) is 0 Å². The standard InChI is InChI=1S/C13H16FNO3/c1-13(17)5-6-15(8-13)12(16)10-4-3-9(18-2)7-11(10)14/h3-4,7,17H,5-6,8H2,1-2H3. The van der Waals surface area contributed by atoms with Gasteiger partial charge in [0.2, 0.25) is 0 Å². The largest absolute Gasteiger partial charge is 0.497 e. The summed E-state index contributed by atoms with van der Waals surface area (Å²) in [6, 6.07) is 4.13. The molecule has 1 unspecified atom stereocenters. The molecule has 5 heteroatoms. The number of nitrogens with zero attached hydrogens (tertiary/aromatic N) is 1. The van der Waals surface area contributed by atoms with Gasteiger partial charge in [0, 0.05) is 19.2 Å². The first kappa shape index (κ1) is 12.8. The zero-order valence-corrected chi connectivity index (χ0v) is 10.4. The van der Waals surface area contributed by atoms with Gasteiger partial charge < -0.3 is 14.7 Å². The quantitative estimate of drug-likeness (QED) is 0.867. The van der Waals surface area contributed by atoms with Crippen LogP contribution in [0.5, 0.6) is 5.75 Å². The molecule has 1 aromatic rings. The van der Waals surface area contributed by atoms with Gasteiger partial charge in [0.1, 0.15) is 11.6 Å². The number of hydrogen-bond acceptors (Lipinski definition) is 3. The summed E-state index contributed by atoms with van der Waals surface area (Å²) >= 11 is 0. The predicted molar refractivity (Wildman–Crippen MR) is 64.1 cm³/mol. The van der Waals surface area contributed by atoms with Crippen LogP contribution in [0.3, 0.4) is 0 Å². The van der Waals surface area contributed by atoms with Crippen molar-refractivity contribution in [2.75, 3.05) is 20.2 Å². The highest BCUT2D eigenvalue weighted by molar-refractivity contribution is 5.94. The Bertz CT molecular complexity index is 473. The summed E-state index contributed by atoms with van der Waals surface area (Å²) in [5.41, 5.74) is -0.869. The highest BCUT2D eigenvalue weighted by Gasteiger charge is 2.35. The number of hydrogen-bond donors (Lipinski definition) is 1. The molecule has 0 aromatic heterocycles. The van der Waals surface area contributed by atoms with E-state index >= 15 is 0 Å². The number of likely N-dealkylation sites (tertiary alicyclic amines) is 1.